The number of nitrogens with one attached hydrogen (secondary N) is 1. The van der Waals surface area contributed by atoms with E-state index in [0.717, 1.165) is 30.0 Å². The van der Waals surface area contributed by atoms with Gasteiger partial charge in [0.2, 0.25) is 0 Å². The molecule has 0 bridgehead atoms. The van der Waals surface area contributed by atoms with E-state index in [4.69, 9.17) is 16.3 Å². The number of ether oxygens (including phenoxy) is 1. The summed E-state index contributed by atoms with van der Waals surface area (Å²) in [5.74, 6) is 0.702. The van der Waals surface area contributed by atoms with E-state index < -0.39 is 0 Å². The third kappa shape index (κ3) is 3.52. The molecule has 0 aliphatic rings. The lowest BCUT2D eigenvalue weighted by Gasteiger charge is -2.10. The second-order valence-corrected chi connectivity index (χ2v) is 5.08. The summed E-state index contributed by atoms with van der Waals surface area (Å²) in [5.41, 5.74) is 3.19. The monoisotopic (exact) mass is 293 g/mol. The third-order valence-corrected chi connectivity index (χ3v) is 3.33. The van der Waals surface area contributed by atoms with Crippen LogP contribution >= 0.6 is 11.6 Å². The number of nitrogens with zero attached hydrogens (tertiary/aromatic N) is 2. The summed E-state index contributed by atoms with van der Waals surface area (Å²) in [5, 5.41) is 8.13. The number of hydrogen-bond donors (Lipinski definition) is 1. The van der Waals surface area contributed by atoms with E-state index in [0.29, 0.717) is 17.4 Å². The molecule has 1 aromatic heterocycles. The highest BCUT2D eigenvalue weighted by atomic mass is 35.5. The molecule has 0 fully saturated rings. The molecule has 0 unspecified atom stereocenters. The predicted molar refractivity (Wildman–Crippen MR) is 81.2 cm³/mol. The first-order chi connectivity index (χ1) is 9.63. The van der Waals surface area contributed by atoms with Gasteiger partial charge >= 0.3 is 0 Å². The number of aryl methyl sites for hydroxylation is 2. The van der Waals surface area contributed by atoms with Gasteiger partial charge in [-0.15, -0.1) is 0 Å². The molecule has 5 heteroatoms. The zero-order chi connectivity index (χ0) is 14.5. The quantitative estimate of drug-likeness (QED) is 0.889. The van der Waals surface area contributed by atoms with E-state index in [1.54, 1.807) is 0 Å². The number of rotatable bonds is 6. The molecule has 1 aromatic carbocycles. The van der Waals surface area contributed by atoms with Crippen LogP contribution < -0.4 is 10.1 Å². The highest BCUT2D eigenvalue weighted by molar-refractivity contribution is 6.32. The van der Waals surface area contributed by atoms with Crippen LogP contribution in [0.2, 0.25) is 5.02 Å². The lowest BCUT2D eigenvalue weighted by atomic mass is 10.2. The van der Waals surface area contributed by atoms with Crippen LogP contribution in [0.4, 0.5) is 0 Å². The van der Waals surface area contributed by atoms with Crippen molar-refractivity contribution in [3.05, 3.63) is 46.2 Å². The van der Waals surface area contributed by atoms with Crippen LogP contribution in [0, 0.1) is 6.92 Å². The standard InChI is InChI=1S/C15H20ClN3O/c1-4-19-13(7-11(2)18-19)10-20-15-6-5-12(9-17-3)8-14(15)16/h5-8,17H,4,9-10H2,1-3H3. The molecule has 1 N–H and O–H groups in total. The minimum Gasteiger partial charge on any atom is -0.486 e. The van der Waals surface area contributed by atoms with Crippen molar-refractivity contribution in [3.8, 4) is 5.75 Å². The van der Waals surface area contributed by atoms with Crippen LogP contribution in [0.25, 0.3) is 0 Å². The van der Waals surface area contributed by atoms with Crippen molar-refractivity contribution in [1.29, 1.82) is 0 Å². The molecule has 0 spiro atoms. The van der Waals surface area contributed by atoms with E-state index >= 15 is 0 Å². The minimum absolute atomic E-state index is 0.472. The Balaban J connectivity index is 2.06. The molecule has 0 saturated carbocycles. The smallest absolute Gasteiger partial charge is 0.138 e. The Kier molecular flexibility index (Phi) is 5.04. The molecular weight excluding hydrogens is 274 g/mol. The topological polar surface area (TPSA) is 39.1 Å². The Morgan fingerprint density at radius 1 is 1.35 bits per heavy atom. The second kappa shape index (κ2) is 6.77. The van der Waals surface area contributed by atoms with Gasteiger partial charge in [-0.25, -0.2) is 0 Å². The Bertz CT molecular complexity index is 580. The van der Waals surface area contributed by atoms with Gasteiger partial charge in [0.15, 0.2) is 0 Å². The zero-order valence-electron chi connectivity index (χ0n) is 12.1. The molecule has 108 valence electrons. The van der Waals surface area contributed by atoms with Crippen molar-refractivity contribution >= 4 is 11.6 Å². The zero-order valence-corrected chi connectivity index (χ0v) is 12.9. The SMILES string of the molecule is CCn1nc(C)cc1COc1ccc(CNC)cc1Cl. The fourth-order valence-electron chi connectivity index (χ4n) is 2.12. The highest BCUT2D eigenvalue weighted by Crippen LogP contribution is 2.26. The molecule has 20 heavy (non-hydrogen) atoms. The van der Waals surface area contributed by atoms with Crippen LogP contribution in [-0.2, 0) is 19.7 Å². The van der Waals surface area contributed by atoms with Crippen molar-refractivity contribution in [2.45, 2.75) is 33.5 Å². The van der Waals surface area contributed by atoms with E-state index in [-0.39, 0.29) is 0 Å². The summed E-state index contributed by atoms with van der Waals surface area (Å²) < 4.78 is 7.74. The number of benzene rings is 1. The van der Waals surface area contributed by atoms with E-state index in [1.807, 2.05) is 42.9 Å². The molecule has 2 rings (SSSR count). The maximum atomic E-state index is 6.24. The summed E-state index contributed by atoms with van der Waals surface area (Å²) in [6.07, 6.45) is 0. The Hall–Kier alpha value is -1.52. The molecule has 0 radical (unpaired) electrons. The number of hydrogen-bond acceptors (Lipinski definition) is 3. The van der Waals surface area contributed by atoms with Crippen LogP contribution in [-0.4, -0.2) is 16.8 Å². The third-order valence-electron chi connectivity index (χ3n) is 3.04. The molecule has 0 saturated heterocycles. The predicted octanol–water partition coefficient (Wildman–Crippen LogP) is 3.16. The van der Waals surface area contributed by atoms with Crippen molar-refractivity contribution in [2.24, 2.45) is 0 Å². The molecule has 0 amide bonds. The van der Waals surface area contributed by atoms with Crippen LogP contribution in [0.15, 0.2) is 24.3 Å². The Morgan fingerprint density at radius 3 is 2.80 bits per heavy atom. The van der Waals surface area contributed by atoms with Crippen molar-refractivity contribution in [1.82, 2.24) is 15.1 Å². The van der Waals surface area contributed by atoms with Crippen LogP contribution in [0.1, 0.15) is 23.9 Å². The van der Waals surface area contributed by atoms with Gasteiger partial charge in [-0.2, -0.15) is 5.10 Å². The fraction of sp³-hybridized carbons (Fsp3) is 0.400. The van der Waals surface area contributed by atoms with E-state index in [2.05, 4.69) is 17.3 Å². The first kappa shape index (κ1) is 14.9. The molecular formula is C15H20ClN3O. The van der Waals surface area contributed by atoms with Gasteiger partial charge in [-0.1, -0.05) is 17.7 Å². The summed E-state index contributed by atoms with van der Waals surface area (Å²) >= 11 is 6.24. The van der Waals surface area contributed by atoms with Gasteiger partial charge < -0.3 is 10.1 Å². The van der Waals surface area contributed by atoms with E-state index in [1.165, 1.54) is 0 Å². The van der Waals surface area contributed by atoms with Gasteiger partial charge in [0.1, 0.15) is 12.4 Å². The maximum absolute atomic E-state index is 6.24. The summed E-state index contributed by atoms with van der Waals surface area (Å²) in [4.78, 5) is 0. The van der Waals surface area contributed by atoms with Crippen LogP contribution in [0.5, 0.6) is 5.75 Å². The van der Waals surface area contributed by atoms with Gasteiger partial charge in [0.05, 0.1) is 16.4 Å². The maximum Gasteiger partial charge on any atom is 0.138 e. The normalized spacial score (nSPS) is 10.8. The molecule has 4 nitrogen and oxygen atoms in total. The molecule has 1 heterocycles. The summed E-state index contributed by atoms with van der Waals surface area (Å²) in [7, 11) is 1.91. The Labute approximate surface area is 124 Å². The highest BCUT2D eigenvalue weighted by Gasteiger charge is 2.07. The molecule has 0 aliphatic heterocycles. The first-order valence-electron chi connectivity index (χ1n) is 6.73. The van der Waals surface area contributed by atoms with Gasteiger partial charge in [-0.3, -0.25) is 4.68 Å². The van der Waals surface area contributed by atoms with Crippen molar-refractivity contribution in [2.75, 3.05) is 7.05 Å². The van der Waals surface area contributed by atoms with E-state index in [9.17, 15) is 0 Å². The summed E-state index contributed by atoms with van der Waals surface area (Å²) in [6.45, 7) is 6.15. The second-order valence-electron chi connectivity index (χ2n) is 4.68. The lowest BCUT2D eigenvalue weighted by molar-refractivity contribution is 0.292. The first-order valence-corrected chi connectivity index (χ1v) is 7.11. The minimum atomic E-state index is 0.472. The average molecular weight is 294 g/mol. The number of halogens is 1. The summed E-state index contributed by atoms with van der Waals surface area (Å²) in [6, 6.07) is 7.89. The average Bonchev–Trinajstić information content (AvgIpc) is 2.78. The molecule has 0 atom stereocenters. The Morgan fingerprint density at radius 2 is 2.15 bits per heavy atom. The van der Waals surface area contributed by atoms with Crippen molar-refractivity contribution < 1.29 is 4.74 Å². The number of aromatic nitrogens is 2. The molecule has 2 aromatic rings. The largest absolute Gasteiger partial charge is 0.486 e. The lowest BCUT2D eigenvalue weighted by Crippen LogP contribution is -2.07. The molecule has 0 aliphatic carbocycles. The van der Waals surface area contributed by atoms with Gasteiger partial charge in [0, 0.05) is 13.1 Å². The van der Waals surface area contributed by atoms with Crippen LogP contribution in [0.3, 0.4) is 0 Å². The van der Waals surface area contributed by atoms with Gasteiger partial charge in [-0.05, 0) is 44.7 Å². The van der Waals surface area contributed by atoms with Gasteiger partial charge in [0.25, 0.3) is 0 Å². The fourth-order valence-corrected chi connectivity index (χ4v) is 2.37. The van der Waals surface area contributed by atoms with Crippen molar-refractivity contribution in [3.63, 3.8) is 0 Å².